The van der Waals surface area contributed by atoms with Crippen molar-refractivity contribution in [1.29, 1.82) is 0 Å². The number of para-hydroxylation sites is 1. The van der Waals surface area contributed by atoms with Crippen molar-refractivity contribution in [3.63, 3.8) is 0 Å². The Morgan fingerprint density at radius 2 is 1.85 bits per heavy atom. The van der Waals surface area contributed by atoms with Gasteiger partial charge in [-0.05, 0) is 44.8 Å². The van der Waals surface area contributed by atoms with Gasteiger partial charge in [0.2, 0.25) is 0 Å². The summed E-state index contributed by atoms with van der Waals surface area (Å²) in [6, 6.07) is 17.9. The van der Waals surface area contributed by atoms with Crippen LogP contribution in [0.25, 0.3) is 5.69 Å². The molecule has 0 spiro atoms. The van der Waals surface area contributed by atoms with Crippen LogP contribution in [0.2, 0.25) is 0 Å². The second-order valence-electron chi connectivity index (χ2n) is 6.57. The number of rotatable bonds is 6. The molecule has 1 aromatic heterocycles. The average Bonchev–Trinajstić information content (AvgIpc) is 3.17. The van der Waals surface area contributed by atoms with Crippen LogP contribution in [0.5, 0.6) is 0 Å². The van der Waals surface area contributed by atoms with Gasteiger partial charge >= 0.3 is 0 Å². The number of carbonyl (C=O) groups excluding carboxylic acids is 1. The molecule has 3 rings (SSSR count). The molecule has 0 saturated heterocycles. The third-order valence-electron chi connectivity index (χ3n) is 4.44. The van der Waals surface area contributed by atoms with Crippen LogP contribution in [0, 0.1) is 6.92 Å². The smallest absolute Gasteiger partial charge is 0.253 e. The number of nitrogens with one attached hydrogen (secondary N) is 1. The first-order chi connectivity index (χ1) is 12.6. The van der Waals surface area contributed by atoms with E-state index in [4.69, 9.17) is 0 Å². The van der Waals surface area contributed by atoms with Crippen molar-refractivity contribution in [2.75, 3.05) is 20.6 Å². The average molecular weight is 348 g/mol. The summed E-state index contributed by atoms with van der Waals surface area (Å²) in [7, 11) is 4.04. The van der Waals surface area contributed by atoms with Crippen molar-refractivity contribution in [3.05, 3.63) is 83.7 Å². The second-order valence-corrected chi connectivity index (χ2v) is 6.57. The highest BCUT2D eigenvalue weighted by atomic mass is 16.1. The summed E-state index contributed by atoms with van der Waals surface area (Å²) in [4.78, 5) is 14.9. The molecule has 0 aliphatic rings. The minimum Gasteiger partial charge on any atom is -0.350 e. The van der Waals surface area contributed by atoms with Gasteiger partial charge in [-0.1, -0.05) is 42.0 Å². The van der Waals surface area contributed by atoms with Gasteiger partial charge in [-0.25, -0.2) is 4.68 Å². The summed E-state index contributed by atoms with van der Waals surface area (Å²) in [5, 5.41) is 7.31. The van der Waals surface area contributed by atoms with Crippen LogP contribution in [0.1, 0.15) is 27.5 Å². The Bertz CT molecular complexity index is 854. The lowest BCUT2D eigenvalue weighted by Gasteiger charge is -2.25. The number of likely N-dealkylation sites (N-methyl/N-ethyl adjacent to an activating group) is 1. The summed E-state index contributed by atoms with van der Waals surface area (Å²) < 4.78 is 1.71. The molecular formula is C21H24N4O. The Balaban J connectivity index is 1.77. The Hall–Kier alpha value is -2.92. The molecule has 0 aliphatic carbocycles. The fourth-order valence-electron chi connectivity index (χ4n) is 2.95. The molecule has 0 bridgehead atoms. The number of nitrogens with zero attached hydrogens (tertiary/aromatic N) is 3. The lowest BCUT2D eigenvalue weighted by Crippen LogP contribution is -2.35. The maximum Gasteiger partial charge on any atom is 0.253 e. The van der Waals surface area contributed by atoms with Gasteiger partial charge in [-0.15, -0.1) is 0 Å². The van der Waals surface area contributed by atoms with E-state index in [1.54, 1.807) is 10.9 Å². The van der Waals surface area contributed by atoms with Gasteiger partial charge in [0.05, 0.1) is 17.3 Å². The number of aryl methyl sites for hydroxylation is 1. The molecule has 1 N–H and O–H groups in total. The molecule has 26 heavy (non-hydrogen) atoms. The highest BCUT2D eigenvalue weighted by molar-refractivity contribution is 5.97. The number of carbonyl (C=O) groups is 1. The van der Waals surface area contributed by atoms with E-state index in [2.05, 4.69) is 46.5 Å². The standard InChI is InChI=1S/C21H24N4O/c1-16-9-11-17(12-10-16)20(24(2)3)15-22-21(26)18-7-4-5-8-19(18)25-14-6-13-23-25/h4-14,20H,15H2,1-3H3,(H,22,26). The first-order valence-electron chi connectivity index (χ1n) is 8.66. The van der Waals surface area contributed by atoms with Crippen LogP contribution in [0.15, 0.2) is 67.0 Å². The van der Waals surface area contributed by atoms with Gasteiger partial charge in [-0.3, -0.25) is 4.79 Å². The van der Waals surface area contributed by atoms with Crippen molar-refractivity contribution in [2.45, 2.75) is 13.0 Å². The van der Waals surface area contributed by atoms with Crippen LogP contribution >= 0.6 is 0 Å². The topological polar surface area (TPSA) is 50.2 Å². The third-order valence-corrected chi connectivity index (χ3v) is 4.44. The third kappa shape index (κ3) is 4.00. The summed E-state index contributed by atoms with van der Waals surface area (Å²) in [5.74, 6) is -0.102. The first-order valence-corrected chi connectivity index (χ1v) is 8.66. The Morgan fingerprint density at radius 3 is 2.50 bits per heavy atom. The lowest BCUT2D eigenvalue weighted by molar-refractivity contribution is 0.0941. The van der Waals surface area contributed by atoms with E-state index in [9.17, 15) is 4.79 Å². The van der Waals surface area contributed by atoms with E-state index in [0.29, 0.717) is 12.1 Å². The number of hydrogen-bond donors (Lipinski definition) is 1. The van der Waals surface area contributed by atoms with Crippen molar-refractivity contribution in [1.82, 2.24) is 20.0 Å². The lowest BCUT2D eigenvalue weighted by atomic mass is 10.0. The van der Waals surface area contributed by atoms with Crippen molar-refractivity contribution in [3.8, 4) is 5.69 Å². The number of amides is 1. The summed E-state index contributed by atoms with van der Waals surface area (Å²) in [5.41, 5.74) is 3.79. The summed E-state index contributed by atoms with van der Waals surface area (Å²) >= 11 is 0. The molecule has 3 aromatic rings. The van der Waals surface area contributed by atoms with Crippen LogP contribution in [-0.4, -0.2) is 41.2 Å². The normalized spacial score (nSPS) is 12.2. The Kier molecular flexibility index (Phi) is 5.49. The number of benzene rings is 2. The molecule has 1 amide bonds. The van der Waals surface area contributed by atoms with E-state index in [0.717, 1.165) is 5.69 Å². The van der Waals surface area contributed by atoms with Gasteiger partial charge in [0.15, 0.2) is 0 Å². The molecule has 1 unspecified atom stereocenters. The second kappa shape index (κ2) is 7.97. The first kappa shape index (κ1) is 17.9. The van der Waals surface area contributed by atoms with E-state index in [1.165, 1.54) is 11.1 Å². The van der Waals surface area contributed by atoms with E-state index < -0.39 is 0 Å². The van der Waals surface area contributed by atoms with E-state index >= 15 is 0 Å². The highest BCUT2D eigenvalue weighted by Gasteiger charge is 2.17. The molecule has 5 nitrogen and oxygen atoms in total. The van der Waals surface area contributed by atoms with Crippen molar-refractivity contribution in [2.24, 2.45) is 0 Å². The fraction of sp³-hybridized carbons (Fsp3) is 0.238. The summed E-state index contributed by atoms with van der Waals surface area (Å²) in [6.07, 6.45) is 3.54. The molecule has 134 valence electrons. The Labute approximate surface area is 154 Å². The van der Waals surface area contributed by atoms with Crippen LogP contribution in [0.4, 0.5) is 0 Å². The van der Waals surface area contributed by atoms with Gasteiger partial charge in [0, 0.05) is 18.9 Å². The molecule has 0 radical (unpaired) electrons. The predicted molar refractivity (Wildman–Crippen MR) is 104 cm³/mol. The largest absolute Gasteiger partial charge is 0.350 e. The minimum absolute atomic E-state index is 0.102. The molecule has 0 saturated carbocycles. The van der Waals surface area contributed by atoms with Crippen LogP contribution in [0.3, 0.4) is 0 Å². The molecule has 0 aliphatic heterocycles. The molecule has 1 atom stereocenters. The van der Waals surface area contributed by atoms with Crippen molar-refractivity contribution >= 4 is 5.91 Å². The van der Waals surface area contributed by atoms with Crippen LogP contribution < -0.4 is 5.32 Å². The fourth-order valence-corrected chi connectivity index (χ4v) is 2.95. The minimum atomic E-state index is -0.102. The van der Waals surface area contributed by atoms with Gasteiger partial charge in [0.25, 0.3) is 5.91 Å². The molecular weight excluding hydrogens is 324 g/mol. The van der Waals surface area contributed by atoms with E-state index in [1.807, 2.05) is 50.6 Å². The predicted octanol–water partition coefficient (Wildman–Crippen LogP) is 3.21. The quantitative estimate of drug-likeness (QED) is 0.744. The maximum absolute atomic E-state index is 12.8. The SMILES string of the molecule is Cc1ccc(C(CNC(=O)c2ccccc2-n2cccn2)N(C)C)cc1. The van der Waals surface area contributed by atoms with Crippen molar-refractivity contribution < 1.29 is 4.79 Å². The molecule has 1 heterocycles. The number of hydrogen-bond acceptors (Lipinski definition) is 3. The zero-order chi connectivity index (χ0) is 18.5. The summed E-state index contributed by atoms with van der Waals surface area (Å²) in [6.45, 7) is 2.60. The molecule has 0 fully saturated rings. The van der Waals surface area contributed by atoms with E-state index in [-0.39, 0.29) is 11.9 Å². The zero-order valence-electron chi connectivity index (χ0n) is 15.4. The molecule has 5 heteroatoms. The maximum atomic E-state index is 12.8. The monoisotopic (exact) mass is 348 g/mol. The Morgan fingerprint density at radius 1 is 1.12 bits per heavy atom. The highest BCUT2D eigenvalue weighted by Crippen LogP contribution is 2.19. The van der Waals surface area contributed by atoms with Gasteiger partial charge in [0.1, 0.15) is 0 Å². The zero-order valence-corrected chi connectivity index (χ0v) is 15.4. The van der Waals surface area contributed by atoms with Gasteiger partial charge in [-0.2, -0.15) is 5.10 Å². The molecule has 2 aromatic carbocycles. The van der Waals surface area contributed by atoms with Gasteiger partial charge < -0.3 is 10.2 Å². The number of aromatic nitrogens is 2. The van der Waals surface area contributed by atoms with Crippen LogP contribution in [-0.2, 0) is 0 Å².